The highest BCUT2D eigenvalue weighted by Gasteiger charge is 2.54. The molecule has 1 saturated heterocycles. The molecule has 0 bridgehead atoms. The average Bonchev–Trinajstić information content (AvgIpc) is 3.11. The number of H-pyrrole nitrogens is 1. The molecule has 1 aromatic heterocycles. The Balaban J connectivity index is 1.56. The smallest absolute Gasteiger partial charge is 0.275 e. The molecular weight excluding hydrogens is 423 g/mol. The molecule has 2 aliphatic rings. The Morgan fingerprint density at radius 3 is 2.77 bits per heavy atom. The number of aromatic amines is 1. The molecule has 152 valence electrons. The number of aromatic nitrogens is 1. The van der Waals surface area contributed by atoms with E-state index in [2.05, 4.69) is 10.1 Å². The number of nitrogens with zero attached hydrogens (tertiary/aromatic N) is 3. The lowest BCUT2D eigenvalue weighted by atomic mass is 9.83. The van der Waals surface area contributed by atoms with Gasteiger partial charge in [0.25, 0.3) is 5.91 Å². The van der Waals surface area contributed by atoms with Crippen LogP contribution >= 0.6 is 23.2 Å². The van der Waals surface area contributed by atoms with E-state index in [-0.39, 0.29) is 18.4 Å². The SMILES string of the molecule is C[C@@]12C(=O)N(N=Cc3ccc(Cl)cc3Cl)CC(=O)N1CCc1c2[nH]c2ccccc12. The normalized spacial score (nSPS) is 21.4. The zero-order chi connectivity index (χ0) is 21.0. The second-order valence-corrected chi connectivity index (χ2v) is 8.51. The Morgan fingerprint density at radius 2 is 1.97 bits per heavy atom. The van der Waals surface area contributed by atoms with Crippen molar-refractivity contribution >= 4 is 52.1 Å². The molecule has 8 heteroatoms. The van der Waals surface area contributed by atoms with Crippen molar-refractivity contribution in [2.75, 3.05) is 13.1 Å². The lowest BCUT2D eigenvalue weighted by Crippen LogP contribution is -2.65. The maximum absolute atomic E-state index is 13.6. The van der Waals surface area contributed by atoms with Gasteiger partial charge in [0.15, 0.2) is 5.54 Å². The quantitative estimate of drug-likeness (QED) is 0.612. The van der Waals surface area contributed by atoms with E-state index < -0.39 is 5.54 Å². The van der Waals surface area contributed by atoms with Crippen LogP contribution in [0.25, 0.3) is 10.9 Å². The maximum atomic E-state index is 13.6. The van der Waals surface area contributed by atoms with Crippen molar-refractivity contribution in [1.29, 1.82) is 0 Å². The van der Waals surface area contributed by atoms with Gasteiger partial charge in [-0.05, 0) is 37.1 Å². The van der Waals surface area contributed by atoms with Gasteiger partial charge in [-0.2, -0.15) is 5.10 Å². The topological polar surface area (TPSA) is 68.8 Å². The summed E-state index contributed by atoms with van der Waals surface area (Å²) >= 11 is 12.1. The van der Waals surface area contributed by atoms with E-state index in [1.54, 1.807) is 30.0 Å². The minimum atomic E-state index is -1.14. The fourth-order valence-corrected chi connectivity index (χ4v) is 4.88. The van der Waals surface area contributed by atoms with Crippen LogP contribution in [0.15, 0.2) is 47.6 Å². The molecule has 30 heavy (non-hydrogen) atoms. The predicted molar refractivity (Wildman–Crippen MR) is 117 cm³/mol. The van der Waals surface area contributed by atoms with E-state index in [4.69, 9.17) is 23.2 Å². The molecule has 0 radical (unpaired) electrons. The summed E-state index contributed by atoms with van der Waals surface area (Å²) in [5, 5.41) is 7.55. The number of hydrogen-bond donors (Lipinski definition) is 1. The van der Waals surface area contributed by atoms with Crippen molar-refractivity contribution in [2.45, 2.75) is 18.9 Å². The molecule has 1 fully saturated rings. The summed E-state index contributed by atoms with van der Waals surface area (Å²) in [4.78, 5) is 31.6. The fourth-order valence-electron chi connectivity index (χ4n) is 4.42. The number of hydrogen-bond acceptors (Lipinski definition) is 3. The summed E-state index contributed by atoms with van der Waals surface area (Å²) < 4.78 is 0. The van der Waals surface area contributed by atoms with E-state index in [1.807, 2.05) is 24.3 Å². The number of benzene rings is 2. The second-order valence-electron chi connectivity index (χ2n) is 7.66. The molecule has 2 aliphatic heterocycles. The Labute approximate surface area is 183 Å². The van der Waals surface area contributed by atoms with Crippen LogP contribution in [0.4, 0.5) is 0 Å². The van der Waals surface area contributed by atoms with Crippen LogP contribution in [0.1, 0.15) is 23.7 Å². The molecule has 0 saturated carbocycles. The van der Waals surface area contributed by atoms with E-state index in [9.17, 15) is 9.59 Å². The first kappa shape index (κ1) is 19.2. The largest absolute Gasteiger partial charge is 0.356 e. The third-order valence-corrected chi connectivity index (χ3v) is 6.52. The molecule has 0 aliphatic carbocycles. The van der Waals surface area contributed by atoms with Crippen LogP contribution in [0, 0.1) is 0 Å². The molecule has 0 spiro atoms. The van der Waals surface area contributed by atoms with Crippen LogP contribution in [-0.2, 0) is 21.5 Å². The van der Waals surface area contributed by atoms with Gasteiger partial charge >= 0.3 is 0 Å². The number of carbonyl (C=O) groups is 2. The average molecular weight is 441 g/mol. The summed E-state index contributed by atoms with van der Waals surface area (Å²) in [6.45, 7) is 2.18. The van der Waals surface area contributed by atoms with Gasteiger partial charge in [0.1, 0.15) is 6.54 Å². The number of rotatable bonds is 2. The van der Waals surface area contributed by atoms with Gasteiger partial charge in [0.05, 0.1) is 16.9 Å². The van der Waals surface area contributed by atoms with Gasteiger partial charge < -0.3 is 9.88 Å². The summed E-state index contributed by atoms with van der Waals surface area (Å²) in [7, 11) is 0. The maximum Gasteiger partial charge on any atom is 0.275 e. The van der Waals surface area contributed by atoms with Gasteiger partial charge in [-0.3, -0.25) is 9.59 Å². The Kier molecular flexibility index (Phi) is 4.38. The predicted octanol–water partition coefficient (Wildman–Crippen LogP) is 3.95. The molecule has 1 N–H and O–H groups in total. The third kappa shape index (κ3) is 2.75. The molecule has 3 heterocycles. The first-order valence-corrected chi connectivity index (χ1v) is 10.4. The van der Waals surface area contributed by atoms with Crippen molar-refractivity contribution in [3.63, 3.8) is 0 Å². The number of piperazine rings is 1. The van der Waals surface area contributed by atoms with Gasteiger partial charge in [0, 0.05) is 28.0 Å². The van der Waals surface area contributed by atoms with Crippen molar-refractivity contribution in [3.05, 3.63) is 69.3 Å². The highest BCUT2D eigenvalue weighted by Crippen LogP contribution is 2.41. The number of carbonyl (C=O) groups excluding carboxylic acids is 2. The number of amides is 2. The zero-order valence-corrected chi connectivity index (χ0v) is 17.7. The molecule has 1 atom stereocenters. The highest BCUT2D eigenvalue weighted by atomic mass is 35.5. The number of para-hydroxylation sites is 1. The summed E-state index contributed by atoms with van der Waals surface area (Å²) in [6.07, 6.45) is 2.19. The van der Waals surface area contributed by atoms with Crippen molar-refractivity contribution in [3.8, 4) is 0 Å². The fraction of sp³-hybridized carbons (Fsp3) is 0.227. The molecule has 2 aromatic carbocycles. The van der Waals surface area contributed by atoms with Crippen LogP contribution in [0.5, 0.6) is 0 Å². The standard InChI is InChI=1S/C22H18Cl2N4O2/c1-22-20-16(15-4-2-3-5-18(15)26-20)8-9-27(22)19(29)12-28(21(22)30)25-11-13-6-7-14(23)10-17(13)24/h2-7,10-11,26H,8-9,12H2,1H3/t22-/m1/s1. The molecule has 6 nitrogen and oxygen atoms in total. The van der Waals surface area contributed by atoms with Crippen molar-refractivity contribution in [1.82, 2.24) is 14.9 Å². The first-order valence-electron chi connectivity index (χ1n) is 9.61. The Hall–Kier alpha value is -2.83. The minimum Gasteiger partial charge on any atom is -0.356 e. The second kappa shape index (κ2) is 6.86. The third-order valence-electron chi connectivity index (χ3n) is 5.96. The number of hydrazone groups is 1. The lowest BCUT2D eigenvalue weighted by molar-refractivity contribution is -0.165. The zero-order valence-electron chi connectivity index (χ0n) is 16.2. The first-order chi connectivity index (χ1) is 14.4. The number of halogens is 2. The summed E-state index contributed by atoms with van der Waals surface area (Å²) in [5.74, 6) is -0.392. The number of nitrogens with one attached hydrogen (secondary N) is 1. The van der Waals surface area contributed by atoms with Crippen LogP contribution in [-0.4, -0.2) is 46.0 Å². The highest BCUT2D eigenvalue weighted by molar-refractivity contribution is 6.36. The van der Waals surface area contributed by atoms with Crippen LogP contribution < -0.4 is 0 Å². The Morgan fingerprint density at radius 1 is 1.17 bits per heavy atom. The monoisotopic (exact) mass is 440 g/mol. The molecule has 3 aromatic rings. The molecule has 5 rings (SSSR count). The summed E-state index contributed by atoms with van der Waals surface area (Å²) in [6, 6.07) is 13.0. The molecule has 2 amide bonds. The van der Waals surface area contributed by atoms with Gasteiger partial charge in [-0.15, -0.1) is 0 Å². The molecule has 0 unspecified atom stereocenters. The van der Waals surface area contributed by atoms with Crippen LogP contribution in [0.2, 0.25) is 10.0 Å². The molecular formula is C22H18Cl2N4O2. The Bertz CT molecular complexity index is 1240. The van der Waals surface area contributed by atoms with Gasteiger partial charge in [-0.25, -0.2) is 5.01 Å². The van der Waals surface area contributed by atoms with Gasteiger partial charge in [-0.1, -0.05) is 47.5 Å². The minimum absolute atomic E-state index is 0.105. The van der Waals surface area contributed by atoms with Crippen molar-refractivity contribution in [2.24, 2.45) is 5.10 Å². The van der Waals surface area contributed by atoms with Gasteiger partial charge in [0.2, 0.25) is 5.91 Å². The summed E-state index contributed by atoms with van der Waals surface area (Å²) in [5.41, 5.74) is 2.28. The van der Waals surface area contributed by atoms with E-state index in [1.165, 1.54) is 11.2 Å². The van der Waals surface area contributed by atoms with Crippen molar-refractivity contribution < 1.29 is 9.59 Å². The number of fused-ring (bicyclic) bond motifs is 5. The lowest BCUT2D eigenvalue weighted by Gasteiger charge is -2.48. The van der Waals surface area contributed by atoms with E-state index in [0.717, 1.165) is 22.2 Å². The van der Waals surface area contributed by atoms with Crippen LogP contribution in [0.3, 0.4) is 0 Å². The van der Waals surface area contributed by atoms with E-state index >= 15 is 0 Å². The van der Waals surface area contributed by atoms with E-state index in [0.29, 0.717) is 28.6 Å².